The first-order valence-corrected chi connectivity index (χ1v) is 6.32. The van der Waals surface area contributed by atoms with Crippen LogP contribution >= 0.6 is 11.6 Å². The highest BCUT2D eigenvalue weighted by molar-refractivity contribution is 6.17. The maximum absolute atomic E-state index is 5.82. The third-order valence-corrected chi connectivity index (χ3v) is 3.13. The smallest absolute Gasteiger partial charge is 0.130 e. The fraction of sp³-hybridized carbons (Fsp3) is 0.667. The molecule has 1 atom stereocenters. The molecule has 1 N–H and O–H groups in total. The Balaban J connectivity index is 2.77. The zero-order valence-electron chi connectivity index (χ0n) is 10.3. The lowest BCUT2D eigenvalue weighted by atomic mass is 9.95. The fourth-order valence-electron chi connectivity index (χ4n) is 1.50. The van der Waals surface area contributed by atoms with Crippen molar-refractivity contribution in [2.75, 3.05) is 11.2 Å². The molecular weight excluding hydrogens is 222 g/mol. The van der Waals surface area contributed by atoms with Crippen molar-refractivity contribution in [3.8, 4) is 0 Å². The zero-order valence-corrected chi connectivity index (χ0v) is 11.0. The van der Waals surface area contributed by atoms with Crippen LogP contribution in [0.15, 0.2) is 12.4 Å². The molecule has 0 aliphatic rings. The largest absolute Gasteiger partial charge is 0.365 e. The van der Waals surface area contributed by atoms with Crippen LogP contribution in [0, 0.1) is 0 Å². The molecule has 0 saturated carbocycles. The Morgan fingerprint density at radius 2 is 2.12 bits per heavy atom. The Morgan fingerprint density at radius 1 is 1.38 bits per heavy atom. The van der Waals surface area contributed by atoms with E-state index in [1.807, 2.05) is 6.07 Å². The highest BCUT2D eigenvalue weighted by Crippen LogP contribution is 2.21. The second-order valence-electron chi connectivity index (χ2n) is 4.23. The molecule has 1 rings (SSSR count). The van der Waals surface area contributed by atoms with Gasteiger partial charge in [0.1, 0.15) is 12.1 Å². The number of hydrogen-bond donors (Lipinski definition) is 1. The average molecular weight is 242 g/mol. The standard InChI is InChI=1S/C12H20ClN3/c1-4-10-8-11(15-9-14-10)16-12(3,5-2)6-7-13/h8-9H,4-7H2,1-3H3,(H,14,15,16). The summed E-state index contributed by atoms with van der Waals surface area (Å²) in [5.74, 6) is 1.55. The average Bonchev–Trinajstić information content (AvgIpc) is 2.29. The van der Waals surface area contributed by atoms with E-state index in [1.54, 1.807) is 6.33 Å². The summed E-state index contributed by atoms with van der Waals surface area (Å²) in [6, 6.07) is 2.00. The molecule has 1 heterocycles. The van der Waals surface area contributed by atoms with Crippen LogP contribution in [0.4, 0.5) is 5.82 Å². The molecule has 0 aromatic carbocycles. The van der Waals surface area contributed by atoms with Crippen molar-refractivity contribution in [1.82, 2.24) is 9.97 Å². The van der Waals surface area contributed by atoms with Gasteiger partial charge in [-0.1, -0.05) is 13.8 Å². The number of aryl methyl sites for hydroxylation is 1. The topological polar surface area (TPSA) is 37.8 Å². The first-order chi connectivity index (χ1) is 7.63. The minimum Gasteiger partial charge on any atom is -0.365 e. The van der Waals surface area contributed by atoms with Gasteiger partial charge in [0.2, 0.25) is 0 Å². The zero-order chi connectivity index (χ0) is 12.0. The number of nitrogens with zero attached hydrogens (tertiary/aromatic N) is 2. The molecule has 0 radical (unpaired) electrons. The second kappa shape index (κ2) is 6.04. The Hall–Kier alpha value is -0.830. The van der Waals surface area contributed by atoms with Crippen molar-refractivity contribution in [1.29, 1.82) is 0 Å². The van der Waals surface area contributed by atoms with Crippen LogP contribution < -0.4 is 5.32 Å². The minimum atomic E-state index is 0.0150. The van der Waals surface area contributed by atoms with E-state index < -0.39 is 0 Å². The van der Waals surface area contributed by atoms with Crippen molar-refractivity contribution in [2.45, 2.75) is 45.6 Å². The lowest BCUT2D eigenvalue weighted by molar-refractivity contribution is 0.479. The maximum atomic E-state index is 5.82. The van der Waals surface area contributed by atoms with Gasteiger partial charge in [0.15, 0.2) is 0 Å². The van der Waals surface area contributed by atoms with Gasteiger partial charge in [-0.15, -0.1) is 11.6 Å². The molecule has 16 heavy (non-hydrogen) atoms. The first-order valence-electron chi connectivity index (χ1n) is 5.78. The van der Waals surface area contributed by atoms with Gasteiger partial charge in [0, 0.05) is 23.2 Å². The van der Waals surface area contributed by atoms with Crippen molar-refractivity contribution in [2.24, 2.45) is 0 Å². The SMILES string of the molecule is CCc1cc(NC(C)(CC)CCCl)ncn1. The molecule has 0 aliphatic carbocycles. The summed E-state index contributed by atoms with van der Waals surface area (Å²) < 4.78 is 0. The van der Waals surface area contributed by atoms with Gasteiger partial charge in [0.25, 0.3) is 0 Å². The van der Waals surface area contributed by atoms with Gasteiger partial charge in [0.05, 0.1) is 0 Å². The first kappa shape index (κ1) is 13.2. The van der Waals surface area contributed by atoms with Crippen LogP contribution in [0.25, 0.3) is 0 Å². The van der Waals surface area contributed by atoms with Crippen molar-refractivity contribution in [3.05, 3.63) is 18.1 Å². The summed E-state index contributed by atoms with van der Waals surface area (Å²) in [6.07, 6.45) is 4.48. The molecule has 4 heteroatoms. The van der Waals surface area contributed by atoms with Gasteiger partial charge in [-0.3, -0.25) is 0 Å². The fourth-order valence-corrected chi connectivity index (χ4v) is 1.92. The van der Waals surface area contributed by atoms with Gasteiger partial charge in [-0.2, -0.15) is 0 Å². The van der Waals surface area contributed by atoms with Crippen molar-refractivity contribution in [3.63, 3.8) is 0 Å². The van der Waals surface area contributed by atoms with Gasteiger partial charge < -0.3 is 5.32 Å². The molecule has 0 amide bonds. The summed E-state index contributed by atoms with van der Waals surface area (Å²) in [6.45, 7) is 6.41. The maximum Gasteiger partial charge on any atom is 0.130 e. The molecule has 1 aromatic rings. The Labute approximate surface area is 103 Å². The molecule has 3 nitrogen and oxygen atoms in total. The summed E-state index contributed by atoms with van der Waals surface area (Å²) in [4.78, 5) is 8.42. The van der Waals surface area contributed by atoms with Crippen molar-refractivity contribution < 1.29 is 0 Å². The van der Waals surface area contributed by atoms with E-state index in [0.29, 0.717) is 5.88 Å². The van der Waals surface area contributed by atoms with Crippen LogP contribution in [-0.4, -0.2) is 21.4 Å². The number of aromatic nitrogens is 2. The summed E-state index contributed by atoms with van der Waals surface area (Å²) in [5, 5.41) is 3.45. The highest BCUT2D eigenvalue weighted by atomic mass is 35.5. The molecule has 1 unspecified atom stereocenters. The Bertz CT molecular complexity index is 330. The number of anilines is 1. The van der Waals surface area contributed by atoms with Crippen LogP contribution in [0.2, 0.25) is 0 Å². The van der Waals surface area contributed by atoms with E-state index in [9.17, 15) is 0 Å². The molecule has 1 aromatic heterocycles. The lowest BCUT2D eigenvalue weighted by Gasteiger charge is -2.29. The quantitative estimate of drug-likeness (QED) is 0.777. The summed E-state index contributed by atoms with van der Waals surface area (Å²) >= 11 is 5.82. The molecule has 0 aliphatic heterocycles. The number of nitrogens with one attached hydrogen (secondary N) is 1. The van der Waals surface area contributed by atoms with Gasteiger partial charge in [-0.05, 0) is 26.2 Å². The molecule has 90 valence electrons. The predicted molar refractivity (Wildman–Crippen MR) is 69.1 cm³/mol. The molecule has 0 saturated heterocycles. The van der Waals surface area contributed by atoms with Crippen LogP contribution in [-0.2, 0) is 6.42 Å². The second-order valence-corrected chi connectivity index (χ2v) is 4.60. The van der Waals surface area contributed by atoms with Crippen LogP contribution in [0.5, 0.6) is 0 Å². The molecule has 0 bridgehead atoms. The predicted octanol–water partition coefficient (Wildman–Crippen LogP) is 3.25. The normalized spacial score (nSPS) is 14.5. The van der Waals surface area contributed by atoms with Crippen LogP contribution in [0.3, 0.4) is 0 Å². The van der Waals surface area contributed by atoms with E-state index in [0.717, 1.165) is 30.8 Å². The number of alkyl halides is 1. The molecular formula is C12H20ClN3. The van der Waals surface area contributed by atoms with Gasteiger partial charge >= 0.3 is 0 Å². The highest BCUT2D eigenvalue weighted by Gasteiger charge is 2.21. The van der Waals surface area contributed by atoms with E-state index in [4.69, 9.17) is 11.6 Å². The van der Waals surface area contributed by atoms with E-state index in [-0.39, 0.29) is 5.54 Å². The minimum absolute atomic E-state index is 0.0150. The van der Waals surface area contributed by atoms with Gasteiger partial charge in [-0.25, -0.2) is 9.97 Å². The monoisotopic (exact) mass is 241 g/mol. The molecule has 0 fully saturated rings. The lowest BCUT2D eigenvalue weighted by Crippen LogP contribution is -2.34. The number of hydrogen-bond acceptors (Lipinski definition) is 3. The van der Waals surface area contributed by atoms with Crippen LogP contribution in [0.1, 0.15) is 39.3 Å². The van der Waals surface area contributed by atoms with E-state index in [1.165, 1.54) is 0 Å². The third-order valence-electron chi connectivity index (χ3n) is 2.94. The van der Waals surface area contributed by atoms with Crippen molar-refractivity contribution >= 4 is 17.4 Å². The third kappa shape index (κ3) is 3.63. The number of halogens is 1. The molecule has 0 spiro atoms. The summed E-state index contributed by atoms with van der Waals surface area (Å²) in [7, 11) is 0. The number of rotatable bonds is 6. The van der Waals surface area contributed by atoms with E-state index >= 15 is 0 Å². The summed E-state index contributed by atoms with van der Waals surface area (Å²) in [5.41, 5.74) is 1.07. The van der Waals surface area contributed by atoms with E-state index in [2.05, 4.69) is 36.1 Å². The Morgan fingerprint density at radius 3 is 2.69 bits per heavy atom. The Kier molecular flexibility index (Phi) is 5.00.